The summed E-state index contributed by atoms with van der Waals surface area (Å²) in [5.41, 5.74) is 3.24. The predicted molar refractivity (Wildman–Crippen MR) is 102 cm³/mol. The summed E-state index contributed by atoms with van der Waals surface area (Å²) in [6, 6.07) is 11.0. The van der Waals surface area contributed by atoms with Crippen molar-refractivity contribution in [3.63, 3.8) is 0 Å². The van der Waals surface area contributed by atoms with Crippen LogP contribution in [0.25, 0.3) is 0 Å². The molecule has 1 spiro atoms. The first-order valence-corrected chi connectivity index (χ1v) is 9.64. The van der Waals surface area contributed by atoms with Crippen LogP contribution in [-0.2, 0) is 28.3 Å². The van der Waals surface area contributed by atoms with Gasteiger partial charge in [-0.25, -0.2) is 0 Å². The van der Waals surface area contributed by atoms with E-state index in [0.717, 1.165) is 16.7 Å². The summed E-state index contributed by atoms with van der Waals surface area (Å²) in [5, 5.41) is 41.4. The van der Waals surface area contributed by atoms with Crippen molar-refractivity contribution in [3.05, 3.63) is 68.7 Å². The number of hydrogen-bond acceptors (Lipinski definition) is 6. The van der Waals surface area contributed by atoms with E-state index in [0.29, 0.717) is 22.0 Å². The van der Waals surface area contributed by atoms with Crippen molar-refractivity contribution in [2.75, 3.05) is 6.61 Å². The molecular formula is C20H20Cl2O6. The lowest BCUT2D eigenvalue weighted by Crippen LogP contribution is -2.63. The van der Waals surface area contributed by atoms with Crippen molar-refractivity contribution in [2.24, 2.45) is 0 Å². The van der Waals surface area contributed by atoms with E-state index in [-0.39, 0.29) is 6.61 Å². The Morgan fingerprint density at radius 2 is 1.68 bits per heavy atom. The molecule has 2 heterocycles. The first-order valence-electron chi connectivity index (χ1n) is 8.89. The van der Waals surface area contributed by atoms with Gasteiger partial charge in [-0.1, -0.05) is 41.4 Å². The third-order valence-electron chi connectivity index (χ3n) is 5.33. The van der Waals surface area contributed by atoms with Crippen LogP contribution in [-0.4, -0.2) is 51.4 Å². The molecule has 0 aliphatic carbocycles. The first kappa shape index (κ1) is 20.1. The molecule has 5 atom stereocenters. The van der Waals surface area contributed by atoms with Crippen LogP contribution in [0.4, 0.5) is 0 Å². The van der Waals surface area contributed by atoms with Gasteiger partial charge in [-0.2, -0.15) is 0 Å². The highest BCUT2D eigenvalue weighted by molar-refractivity contribution is 6.42. The fraction of sp³-hybridized carbons (Fsp3) is 0.400. The molecule has 6 nitrogen and oxygen atoms in total. The molecule has 28 heavy (non-hydrogen) atoms. The summed E-state index contributed by atoms with van der Waals surface area (Å²) in [5.74, 6) is -1.64. The van der Waals surface area contributed by atoms with E-state index in [2.05, 4.69) is 0 Å². The number of hydrogen-bond donors (Lipinski definition) is 4. The second kappa shape index (κ2) is 7.55. The van der Waals surface area contributed by atoms with Crippen LogP contribution in [0.3, 0.4) is 0 Å². The topological polar surface area (TPSA) is 99.4 Å². The number of rotatable bonds is 3. The Balaban J connectivity index is 1.69. The SMILES string of the molecule is OC[C@H]1O[C@]2(OCc3ccc(Cc4ccc(Cl)c(Cl)c4)cc32)[C@H](O)[C@@H](O)[C@@H]1O. The molecule has 0 unspecified atom stereocenters. The third-order valence-corrected chi connectivity index (χ3v) is 6.07. The molecule has 2 aromatic carbocycles. The maximum absolute atomic E-state index is 10.6. The number of benzene rings is 2. The number of ether oxygens (including phenoxy) is 2. The predicted octanol–water partition coefficient (Wildman–Crippen LogP) is 1.74. The maximum Gasteiger partial charge on any atom is 0.225 e. The fourth-order valence-electron chi connectivity index (χ4n) is 3.82. The van der Waals surface area contributed by atoms with Gasteiger partial charge < -0.3 is 29.9 Å². The van der Waals surface area contributed by atoms with Crippen molar-refractivity contribution in [2.45, 2.75) is 43.2 Å². The van der Waals surface area contributed by atoms with Crippen molar-refractivity contribution >= 4 is 23.2 Å². The highest BCUT2D eigenvalue weighted by Gasteiger charge is 2.58. The quantitative estimate of drug-likeness (QED) is 0.596. The van der Waals surface area contributed by atoms with E-state index in [1.54, 1.807) is 12.1 Å². The summed E-state index contributed by atoms with van der Waals surface area (Å²) >= 11 is 12.1. The average Bonchev–Trinajstić information content (AvgIpc) is 3.05. The molecule has 2 aliphatic rings. The van der Waals surface area contributed by atoms with E-state index >= 15 is 0 Å². The van der Waals surface area contributed by atoms with Crippen LogP contribution >= 0.6 is 23.2 Å². The monoisotopic (exact) mass is 426 g/mol. The van der Waals surface area contributed by atoms with E-state index in [1.807, 2.05) is 24.3 Å². The highest BCUT2D eigenvalue weighted by Crippen LogP contribution is 2.46. The molecule has 0 bridgehead atoms. The molecule has 2 aliphatic heterocycles. The molecule has 4 N–H and O–H groups in total. The van der Waals surface area contributed by atoms with Gasteiger partial charge in [0.1, 0.15) is 24.4 Å². The Morgan fingerprint density at radius 3 is 2.39 bits per heavy atom. The first-order chi connectivity index (χ1) is 13.4. The number of halogens is 2. The Kier molecular flexibility index (Phi) is 5.41. The Bertz CT molecular complexity index is 889. The number of aliphatic hydroxyl groups is 4. The van der Waals surface area contributed by atoms with Gasteiger partial charge in [0.25, 0.3) is 0 Å². The van der Waals surface area contributed by atoms with Crippen LogP contribution in [0.2, 0.25) is 10.0 Å². The molecule has 4 rings (SSSR count). The Morgan fingerprint density at radius 1 is 0.964 bits per heavy atom. The second-order valence-corrected chi connectivity index (χ2v) is 7.95. The molecule has 2 aromatic rings. The summed E-state index contributed by atoms with van der Waals surface area (Å²) in [6.07, 6.45) is -4.96. The Hall–Kier alpha value is -1.22. The maximum atomic E-state index is 10.6. The summed E-state index contributed by atoms with van der Waals surface area (Å²) in [4.78, 5) is 0. The van der Waals surface area contributed by atoms with Crippen LogP contribution in [0.5, 0.6) is 0 Å². The molecule has 0 radical (unpaired) electrons. The molecule has 1 saturated heterocycles. The molecular weight excluding hydrogens is 407 g/mol. The van der Waals surface area contributed by atoms with Crippen molar-refractivity contribution in [3.8, 4) is 0 Å². The van der Waals surface area contributed by atoms with Gasteiger partial charge in [-0.15, -0.1) is 0 Å². The van der Waals surface area contributed by atoms with E-state index < -0.39 is 36.8 Å². The summed E-state index contributed by atoms with van der Waals surface area (Å²) < 4.78 is 11.5. The van der Waals surface area contributed by atoms with Crippen molar-refractivity contribution < 1.29 is 29.9 Å². The molecule has 0 amide bonds. The van der Waals surface area contributed by atoms with Crippen molar-refractivity contribution in [1.29, 1.82) is 0 Å². The van der Waals surface area contributed by atoms with Crippen LogP contribution < -0.4 is 0 Å². The van der Waals surface area contributed by atoms with E-state index in [1.165, 1.54) is 0 Å². The molecule has 8 heteroatoms. The average molecular weight is 427 g/mol. The minimum atomic E-state index is -1.64. The van der Waals surface area contributed by atoms with Gasteiger partial charge in [-0.05, 0) is 41.3 Å². The smallest absolute Gasteiger partial charge is 0.225 e. The van der Waals surface area contributed by atoms with Crippen LogP contribution in [0.1, 0.15) is 22.3 Å². The normalized spacial score (nSPS) is 31.9. The van der Waals surface area contributed by atoms with Gasteiger partial charge in [-0.3, -0.25) is 0 Å². The van der Waals surface area contributed by atoms with Gasteiger partial charge in [0.05, 0.1) is 23.3 Å². The zero-order valence-corrected chi connectivity index (χ0v) is 16.3. The van der Waals surface area contributed by atoms with Gasteiger partial charge in [0, 0.05) is 5.56 Å². The zero-order valence-electron chi connectivity index (χ0n) is 14.8. The Labute approximate surface area is 171 Å². The van der Waals surface area contributed by atoms with E-state index in [4.69, 9.17) is 32.7 Å². The minimum absolute atomic E-state index is 0.181. The van der Waals surface area contributed by atoms with Crippen LogP contribution in [0.15, 0.2) is 36.4 Å². The lowest BCUT2D eigenvalue weighted by molar-refractivity contribution is -0.368. The largest absolute Gasteiger partial charge is 0.394 e. The lowest BCUT2D eigenvalue weighted by atomic mass is 9.86. The molecule has 150 valence electrons. The summed E-state index contributed by atoms with van der Waals surface area (Å²) in [6.45, 7) is -0.339. The third kappa shape index (κ3) is 3.24. The molecule has 0 saturated carbocycles. The van der Waals surface area contributed by atoms with Crippen LogP contribution in [0, 0.1) is 0 Å². The van der Waals surface area contributed by atoms with E-state index in [9.17, 15) is 20.4 Å². The zero-order chi connectivity index (χ0) is 20.1. The molecule has 0 aromatic heterocycles. The van der Waals surface area contributed by atoms with Crippen molar-refractivity contribution in [1.82, 2.24) is 0 Å². The second-order valence-electron chi connectivity index (χ2n) is 7.14. The number of aliphatic hydroxyl groups excluding tert-OH is 4. The van der Waals surface area contributed by atoms with Gasteiger partial charge in [0.15, 0.2) is 0 Å². The standard InChI is InChI=1S/C20H20Cl2O6/c21-14-4-2-11(7-15(14)22)5-10-1-3-12-9-27-20(13(12)6-10)19(26)18(25)17(24)16(8-23)28-20/h1-4,6-7,16-19,23-26H,5,8-9H2/t16-,17-,18+,19-,20+/m1/s1. The summed E-state index contributed by atoms with van der Waals surface area (Å²) in [7, 11) is 0. The molecule has 1 fully saturated rings. The highest BCUT2D eigenvalue weighted by atomic mass is 35.5. The minimum Gasteiger partial charge on any atom is -0.394 e. The van der Waals surface area contributed by atoms with Gasteiger partial charge >= 0.3 is 0 Å². The number of fused-ring (bicyclic) bond motifs is 2. The fourth-order valence-corrected chi connectivity index (χ4v) is 4.14. The van der Waals surface area contributed by atoms with Gasteiger partial charge in [0.2, 0.25) is 5.79 Å². The lowest BCUT2D eigenvalue weighted by Gasteiger charge is -2.46.